The van der Waals surface area contributed by atoms with Crippen LogP contribution in [0.25, 0.3) is 0 Å². The monoisotopic (exact) mass is 394 g/mol. The van der Waals surface area contributed by atoms with Crippen LogP contribution >= 0.6 is 27.7 Å². The number of esters is 1. The Balaban J connectivity index is 2.17. The third kappa shape index (κ3) is 2.95. The zero-order valence-corrected chi connectivity index (χ0v) is 15.1. The molecule has 1 atom stereocenters. The second-order valence-corrected chi connectivity index (χ2v) is 7.18. The van der Waals surface area contributed by atoms with Crippen molar-refractivity contribution in [2.75, 3.05) is 12.9 Å². The normalized spacial score (nSPS) is 21.0. The molecule has 0 N–H and O–H groups in total. The molecule has 2 aliphatic rings. The largest absolute Gasteiger partial charge is 0.466 e. The molecule has 120 valence electrons. The van der Waals surface area contributed by atoms with Gasteiger partial charge in [-0.25, -0.2) is 9.79 Å². The maximum atomic E-state index is 12.5. The van der Waals surface area contributed by atoms with Crippen molar-refractivity contribution < 1.29 is 14.3 Å². The van der Waals surface area contributed by atoms with E-state index in [1.54, 1.807) is 11.8 Å². The molecule has 23 heavy (non-hydrogen) atoms. The topological polar surface area (TPSA) is 59.0 Å². The predicted octanol–water partition coefficient (Wildman–Crippen LogP) is 3.27. The molecule has 3 rings (SSSR count). The highest BCUT2D eigenvalue weighted by molar-refractivity contribution is 9.10. The number of rotatable bonds is 2. The van der Waals surface area contributed by atoms with Gasteiger partial charge < -0.3 is 4.74 Å². The Morgan fingerprint density at radius 3 is 2.74 bits per heavy atom. The van der Waals surface area contributed by atoms with Crippen LogP contribution in [-0.4, -0.2) is 34.8 Å². The fourth-order valence-electron chi connectivity index (χ4n) is 2.73. The van der Waals surface area contributed by atoms with Crippen molar-refractivity contribution in [3.8, 4) is 0 Å². The molecule has 0 radical (unpaired) electrons. The van der Waals surface area contributed by atoms with Gasteiger partial charge in [0.2, 0.25) is 5.91 Å². The summed E-state index contributed by atoms with van der Waals surface area (Å²) >= 11 is 4.94. The summed E-state index contributed by atoms with van der Waals surface area (Å²) in [6.07, 6.45) is 0.435. The van der Waals surface area contributed by atoms with Crippen LogP contribution in [0.4, 0.5) is 0 Å². The van der Waals surface area contributed by atoms with Gasteiger partial charge in [-0.3, -0.25) is 9.69 Å². The maximum Gasteiger partial charge on any atom is 0.338 e. The smallest absolute Gasteiger partial charge is 0.338 e. The second kappa shape index (κ2) is 6.49. The highest BCUT2D eigenvalue weighted by Gasteiger charge is 2.41. The molecule has 2 aliphatic heterocycles. The molecule has 1 saturated heterocycles. The number of carbonyl (C=O) groups is 2. The lowest BCUT2D eigenvalue weighted by atomic mass is 9.94. The van der Waals surface area contributed by atoms with Gasteiger partial charge in [0.05, 0.1) is 24.4 Å². The van der Waals surface area contributed by atoms with Gasteiger partial charge in [0, 0.05) is 16.6 Å². The lowest BCUT2D eigenvalue weighted by Gasteiger charge is -2.38. The zero-order chi connectivity index (χ0) is 16.6. The standard InChI is InChI=1S/C16H15BrN2O3S/c1-9-13(15(21)22-2)14(10-3-5-11(17)6-4-10)19-12(20)7-8-23-16(19)18-9/h3-6,14H,7-8H2,1-2H3/t14-/m0/s1. The number of nitrogens with zero attached hydrogens (tertiary/aromatic N) is 2. The first kappa shape index (κ1) is 16.3. The number of halogens is 1. The molecular weight excluding hydrogens is 380 g/mol. The van der Waals surface area contributed by atoms with Crippen LogP contribution in [0, 0.1) is 0 Å². The van der Waals surface area contributed by atoms with E-state index in [0.29, 0.717) is 28.6 Å². The van der Waals surface area contributed by atoms with Crippen LogP contribution in [0.3, 0.4) is 0 Å². The molecule has 1 aromatic rings. The number of fused-ring (bicyclic) bond motifs is 1. The van der Waals surface area contributed by atoms with E-state index in [0.717, 1.165) is 10.0 Å². The summed E-state index contributed by atoms with van der Waals surface area (Å²) in [4.78, 5) is 30.9. The number of amides is 1. The SMILES string of the molecule is COC(=O)C1=C(C)N=C2SCCC(=O)N2[C@H]1c1ccc(Br)cc1. The number of allylic oxidation sites excluding steroid dienone is 1. The first-order chi connectivity index (χ1) is 11.0. The number of benzene rings is 1. The van der Waals surface area contributed by atoms with Crippen molar-refractivity contribution >= 4 is 44.7 Å². The molecule has 1 amide bonds. The zero-order valence-electron chi connectivity index (χ0n) is 12.7. The van der Waals surface area contributed by atoms with Crippen molar-refractivity contribution in [1.82, 2.24) is 4.90 Å². The third-order valence-corrected chi connectivity index (χ3v) is 5.28. The fourth-order valence-corrected chi connectivity index (χ4v) is 4.00. The van der Waals surface area contributed by atoms with E-state index in [1.807, 2.05) is 24.3 Å². The van der Waals surface area contributed by atoms with Crippen molar-refractivity contribution in [2.24, 2.45) is 4.99 Å². The van der Waals surface area contributed by atoms with Crippen LogP contribution in [0.2, 0.25) is 0 Å². The quantitative estimate of drug-likeness (QED) is 0.722. The third-order valence-electron chi connectivity index (χ3n) is 3.80. The minimum absolute atomic E-state index is 0.0238. The molecule has 0 unspecified atom stereocenters. The molecular formula is C16H15BrN2O3S. The number of hydrogen-bond donors (Lipinski definition) is 0. The van der Waals surface area contributed by atoms with E-state index in [1.165, 1.54) is 18.9 Å². The first-order valence-electron chi connectivity index (χ1n) is 7.11. The van der Waals surface area contributed by atoms with Gasteiger partial charge in [0.1, 0.15) is 0 Å². The molecule has 1 fully saturated rings. The number of methoxy groups -OCH3 is 1. The van der Waals surface area contributed by atoms with Gasteiger partial charge in [-0.2, -0.15) is 0 Å². The van der Waals surface area contributed by atoms with Crippen molar-refractivity contribution in [3.05, 3.63) is 45.6 Å². The van der Waals surface area contributed by atoms with E-state index in [4.69, 9.17) is 4.74 Å². The highest BCUT2D eigenvalue weighted by Crippen LogP contribution is 2.40. The van der Waals surface area contributed by atoms with Gasteiger partial charge in [0.15, 0.2) is 5.17 Å². The highest BCUT2D eigenvalue weighted by atomic mass is 79.9. The molecule has 2 heterocycles. The summed E-state index contributed by atoms with van der Waals surface area (Å²) < 4.78 is 5.87. The summed E-state index contributed by atoms with van der Waals surface area (Å²) in [5.41, 5.74) is 1.86. The van der Waals surface area contributed by atoms with E-state index < -0.39 is 12.0 Å². The Bertz CT molecular complexity index is 727. The minimum Gasteiger partial charge on any atom is -0.466 e. The second-order valence-electron chi connectivity index (χ2n) is 5.20. The molecule has 0 saturated carbocycles. The number of aliphatic imine (C=N–C) groups is 1. The fraction of sp³-hybridized carbons (Fsp3) is 0.312. The molecule has 7 heteroatoms. The van der Waals surface area contributed by atoms with Crippen LogP contribution in [0.15, 0.2) is 45.0 Å². The van der Waals surface area contributed by atoms with E-state index >= 15 is 0 Å². The Hall–Kier alpha value is -1.60. The minimum atomic E-state index is -0.497. The molecule has 0 aliphatic carbocycles. The van der Waals surface area contributed by atoms with Crippen molar-refractivity contribution in [1.29, 1.82) is 0 Å². The molecule has 1 aromatic carbocycles. The van der Waals surface area contributed by atoms with E-state index in [-0.39, 0.29) is 5.91 Å². The number of carbonyl (C=O) groups excluding carboxylic acids is 2. The number of amidine groups is 1. The van der Waals surface area contributed by atoms with Crippen LogP contribution in [0.1, 0.15) is 24.9 Å². The number of ether oxygens (including phenoxy) is 1. The Labute approximate surface area is 146 Å². The van der Waals surface area contributed by atoms with Gasteiger partial charge in [-0.05, 0) is 24.6 Å². The average molecular weight is 395 g/mol. The van der Waals surface area contributed by atoms with E-state index in [2.05, 4.69) is 20.9 Å². The Morgan fingerprint density at radius 2 is 2.09 bits per heavy atom. The predicted molar refractivity (Wildman–Crippen MR) is 93.0 cm³/mol. The van der Waals surface area contributed by atoms with Crippen molar-refractivity contribution in [3.63, 3.8) is 0 Å². The van der Waals surface area contributed by atoms with Gasteiger partial charge >= 0.3 is 5.97 Å². The van der Waals surface area contributed by atoms with Gasteiger partial charge in [-0.1, -0.05) is 39.8 Å². The van der Waals surface area contributed by atoms with E-state index in [9.17, 15) is 9.59 Å². The molecule has 0 aromatic heterocycles. The summed E-state index contributed by atoms with van der Waals surface area (Å²) in [5.74, 6) is 0.230. The molecule has 5 nitrogen and oxygen atoms in total. The lowest BCUT2D eigenvalue weighted by Crippen LogP contribution is -2.45. The van der Waals surface area contributed by atoms with Crippen LogP contribution in [-0.2, 0) is 14.3 Å². The summed E-state index contributed by atoms with van der Waals surface area (Å²) in [6, 6.07) is 7.10. The Kier molecular flexibility index (Phi) is 4.59. The summed E-state index contributed by atoms with van der Waals surface area (Å²) in [5, 5.41) is 0.652. The first-order valence-corrected chi connectivity index (χ1v) is 8.89. The summed E-state index contributed by atoms with van der Waals surface area (Å²) in [6.45, 7) is 1.78. The van der Waals surface area contributed by atoms with Crippen molar-refractivity contribution in [2.45, 2.75) is 19.4 Å². The average Bonchev–Trinajstić information content (AvgIpc) is 2.54. The summed E-state index contributed by atoms with van der Waals surface area (Å²) in [7, 11) is 1.34. The molecule has 0 spiro atoms. The van der Waals surface area contributed by atoms with Gasteiger partial charge in [0.25, 0.3) is 0 Å². The molecule has 0 bridgehead atoms. The van der Waals surface area contributed by atoms with Crippen LogP contribution in [0.5, 0.6) is 0 Å². The number of thioether (sulfide) groups is 1. The maximum absolute atomic E-state index is 12.5. The lowest BCUT2D eigenvalue weighted by molar-refractivity contribution is -0.137. The Morgan fingerprint density at radius 1 is 1.39 bits per heavy atom. The van der Waals surface area contributed by atoms with Gasteiger partial charge in [-0.15, -0.1) is 0 Å². The number of hydrogen-bond acceptors (Lipinski definition) is 5. The van der Waals surface area contributed by atoms with Crippen LogP contribution < -0.4 is 0 Å².